The molecule has 9 nitrogen and oxygen atoms in total. The van der Waals surface area contributed by atoms with Gasteiger partial charge in [0.1, 0.15) is 46.0 Å². The molecule has 2 unspecified atom stereocenters. The molecule has 0 amide bonds. The first kappa shape index (κ1) is 48.9. The molecule has 9 heteroatoms. The second-order valence-corrected chi connectivity index (χ2v) is 18.8. The fraction of sp³-hybridized carbons (Fsp3) is 0.538. The minimum atomic E-state index is -0.978. The van der Waals surface area contributed by atoms with Crippen molar-refractivity contribution in [3.8, 4) is 46.0 Å². The molecule has 0 aliphatic heterocycles. The topological polar surface area (TPSA) is 83.1 Å². The van der Waals surface area contributed by atoms with Gasteiger partial charge in [0.2, 0.25) is 0 Å². The van der Waals surface area contributed by atoms with Crippen LogP contribution in [0, 0.1) is 22.7 Å². The molecule has 4 aromatic rings. The Labute approximate surface area is 367 Å². The number of rotatable bonds is 22. The first-order valence-corrected chi connectivity index (χ1v) is 21.4. The maximum absolute atomic E-state index is 8.61. The zero-order valence-electron chi connectivity index (χ0n) is 40.0. The first-order chi connectivity index (χ1) is 28.9. The summed E-state index contributed by atoms with van der Waals surface area (Å²) in [7, 11) is 13.7. The molecular formula is C52H74O9. The summed E-state index contributed by atoms with van der Waals surface area (Å²) in [5, 5.41) is 0. The molecule has 61 heavy (non-hydrogen) atoms. The summed E-state index contributed by atoms with van der Waals surface area (Å²) < 4.78 is 57.9. The molecule has 0 aromatic heterocycles. The van der Waals surface area contributed by atoms with E-state index in [0.717, 1.165) is 35.1 Å². The van der Waals surface area contributed by atoms with Gasteiger partial charge in [-0.1, -0.05) is 79.7 Å². The molecule has 0 aliphatic carbocycles. The molecule has 0 N–H and O–H groups in total. The van der Waals surface area contributed by atoms with Crippen LogP contribution in [0.4, 0.5) is 0 Å². The van der Waals surface area contributed by atoms with Crippen LogP contribution < -0.4 is 37.9 Å². The van der Waals surface area contributed by atoms with Gasteiger partial charge in [0.25, 0.3) is 0 Å². The molecule has 0 fully saturated rings. The van der Waals surface area contributed by atoms with Crippen LogP contribution >= 0.6 is 0 Å². The van der Waals surface area contributed by atoms with Crippen molar-refractivity contribution in [2.75, 3.05) is 56.9 Å². The lowest BCUT2D eigenvalue weighted by Gasteiger charge is -2.52. The highest BCUT2D eigenvalue weighted by atomic mass is 16.5. The van der Waals surface area contributed by atoms with Gasteiger partial charge < -0.3 is 42.6 Å². The zero-order valence-corrected chi connectivity index (χ0v) is 40.0. The van der Waals surface area contributed by atoms with Crippen LogP contribution in [0.15, 0.2) is 72.8 Å². The minimum absolute atomic E-state index is 0.0722. The fourth-order valence-electron chi connectivity index (χ4n) is 9.39. The first-order valence-electron chi connectivity index (χ1n) is 21.4. The molecule has 4 aromatic carbocycles. The highest BCUT2D eigenvalue weighted by Crippen LogP contribution is 2.52. The Hall–Kier alpha value is -4.76. The lowest BCUT2D eigenvalue weighted by Crippen LogP contribution is -2.57. The molecule has 0 aliphatic rings. The van der Waals surface area contributed by atoms with E-state index in [1.807, 2.05) is 72.8 Å². The van der Waals surface area contributed by atoms with E-state index in [-0.39, 0.29) is 22.7 Å². The van der Waals surface area contributed by atoms with Gasteiger partial charge in [0, 0.05) is 47.9 Å². The maximum Gasteiger partial charge on any atom is 0.125 e. The molecule has 4 rings (SSSR count). The van der Waals surface area contributed by atoms with Crippen molar-refractivity contribution in [2.24, 2.45) is 22.7 Å². The predicted molar refractivity (Wildman–Crippen MR) is 246 cm³/mol. The van der Waals surface area contributed by atoms with Crippen LogP contribution in [0.1, 0.15) is 90.5 Å². The second kappa shape index (κ2) is 20.9. The third kappa shape index (κ3) is 11.8. The Morgan fingerprint density at radius 2 is 0.525 bits per heavy atom. The normalized spacial score (nSPS) is 13.2. The monoisotopic (exact) mass is 843 g/mol. The van der Waals surface area contributed by atoms with Gasteiger partial charge in [-0.2, -0.15) is 0 Å². The molecule has 0 spiro atoms. The summed E-state index contributed by atoms with van der Waals surface area (Å²) in [6, 6.07) is 23.8. The molecule has 0 radical (unpaired) electrons. The summed E-state index contributed by atoms with van der Waals surface area (Å²) in [6.07, 6.45) is 3.34. The van der Waals surface area contributed by atoms with Crippen molar-refractivity contribution in [2.45, 2.75) is 105 Å². The van der Waals surface area contributed by atoms with E-state index >= 15 is 0 Å². The summed E-state index contributed by atoms with van der Waals surface area (Å²) in [5.41, 5.74) is 1.51. The third-order valence-corrected chi connectivity index (χ3v) is 12.1. The lowest BCUT2D eigenvalue weighted by atomic mass is 9.68. The van der Waals surface area contributed by atoms with E-state index in [4.69, 9.17) is 42.6 Å². The Morgan fingerprint density at radius 1 is 0.344 bits per heavy atom. The van der Waals surface area contributed by atoms with Crippen molar-refractivity contribution < 1.29 is 42.6 Å². The van der Waals surface area contributed by atoms with Crippen LogP contribution in [-0.4, -0.2) is 68.1 Å². The lowest BCUT2D eigenvalue weighted by molar-refractivity contribution is -0.208. The molecular weight excluding hydrogens is 769 g/mol. The van der Waals surface area contributed by atoms with E-state index in [1.54, 1.807) is 56.9 Å². The Kier molecular flexibility index (Phi) is 16.7. The third-order valence-electron chi connectivity index (χ3n) is 12.1. The van der Waals surface area contributed by atoms with Crippen LogP contribution in [-0.2, 0) is 30.4 Å². The van der Waals surface area contributed by atoms with E-state index in [1.165, 1.54) is 0 Å². The van der Waals surface area contributed by atoms with Gasteiger partial charge in [-0.15, -0.1) is 0 Å². The molecule has 0 saturated carbocycles. The van der Waals surface area contributed by atoms with E-state index < -0.39 is 11.2 Å². The van der Waals surface area contributed by atoms with Gasteiger partial charge in [-0.05, 0) is 84.0 Å². The van der Waals surface area contributed by atoms with Crippen LogP contribution in [0.3, 0.4) is 0 Å². The van der Waals surface area contributed by atoms with E-state index in [2.05, 4.69) is 55.4 Å². The summed E-state index contributed by atoms with van der Waals surface area (Å²) in [5.74, 6) is 5.58. The molecule has 0 bridgehead atoms. The van der Waals surface area contributed by atoms with Crippen molar-refractivity contribution in [1.82, 2.24) is 0 Å². The van der Waals surface area contributed by atoms with Gasteiger partial charge in [-0.25, -0.2) is 0 Å². The Balaban J connectivity index is 2.30. The van der Waals surface area contributed by atoms with Crippen LogP contribution in [0.2, 0.25) is 0 Å². The maximum atomic E-state index is 8.61. The quantitative estimate of drug-likeness (QED) is 0.0768. The van der Waals surface area contributed by atoms with Crippen molar-refractivity contribution in [3.63, 3.8) is 0 Å². The molecule has 336 valence electrons. The number of hydrogen-bond donors (Lipinski definition) is 0. The average molecular weight is 843 g/mol. The SMILES string of the molecule is COc1cccc(OC)c1CC(Cc1c(OC)cccc1OC)(OC(Cc1c(OC)cccc1OC)(Cc1c(OC)cccc1OC)C(C)CC(C)(C)C)C(C)CC(C)(C)C. The average Bonchev–Trinajstić information content (AvgIpc) is 3.22. The second-order valence-electron chi connectivity index (χ2n) is 18.8. The highest BCUT2D eigenvalue weighted by molar-refractivity contribution is 5.51. The standard InChI is InChI=1S/C52H74O9/c1-35(29-49(3,4)5)51(31-37-41(53-9)21-17-22-42(37)54-10,32-38-43(55-11)23-18-24-44(38)56-12)61-52(36(2)30-50(6,7)8,33-39-45(57-13)25-19-26-46(39)58-14)34-40-47(59-15)27-20-28-48(40)60-16/h17-28,35-36H,29-34H2,1-16H3. The number of ether oxygens (including phenoxy) is 9. The number of benzene rings is 4. The largest absolute Gasteiger partial charge is 0.496 e. The van der Waals surface area contributed by atoms with Crippen molar-refractivity contribution in [1.29, 1.82) is 0 Å². The van der Waals surface area contributed by atoms with Gasteiger partial charge in [-0.3, -0.25) is 0 Å². The van der Waals surface area contributed by atoms with Gasteiger partial charge in [0.05, 0.1) is 68.1 Å². The fourth-order valence-corrected chi connectivity index (χ4v) is 9.39. The number of methoxy groups -OCH3 is 8. The summed E-state index contributed by atoms with van der Waals surface area (Å²) in [4.78, 5) is 0. The molecule has 0 saturated heterocycles. The zero-order chi connectivity index (χ0) is 45.2. The van der Waals surface area contributed by atoms with Crippen LogP contribution in [0.5, 0.6) is 46.0 Å². The van der Waals surface area contributed by atoms with Crippen molar-refractivity contribution >= 4 is 0 Å². The smallest absolute Gasteiger partial charge is 0.125 e. The summed E-state index contributed by atoms with van der Waals surface area (Å²) >= 11 is 0. The molecule has 0 heterocycles. The minimum Gasteiger partial charge on any atom is -0.496 e. The van der Waals surface area contributed by atoms with E-state index in [0.29, 0.717) is 71.7 Å². The Morgan fingerprint density at radius 3 is 0.672 bits per heavy atom. The summed E-state index contributed by atoms with van der Waals surface area (Å²) in [6.45, 7) is 18.4. The highest BCUT2D eigenvalue weighted by Gasteiger charge is 2.52. The Bertz CT molecular complexity index is 1660. The van der Waals surface area contributed by atoms with E-state index in [9.17, 15) is 0 Å². The molecule has 2 atom stereocenters. The number of hydrogen-bond acceptors (Lipinski definition) is 9. The van der Waals surface area contributed by atoms with Crippen LogP contribution in [0.25, 0.3) is 0 Å². The predicted octanol–water partition coefficient (Wildman–Crippen LogP) is 11.7. The van der Waals surface area contributed by atoms with Crippen molar-refractivity contribution in [3.05, 3.63) is 95.1 Å². The van der Waals surface area contributed by atoms with Gasteiger partial charge >= 0.3 is 0 Å². The van der Waals surface area contributed by atoms with Gasteiger partial charge in [0.15, 0.2) is 0 Å².